The van der Waals surface area contributed by atoms with Crippen molar-refractivity contribution in [2.45, 2.75) is 52.0 Å². The summed E-state index contributed by atoms with van der Waals surface area (Å²) in [5.74, 6) is 0.516. The predicted octanol–water partition coefficient (Wildman–Crippen LogP) is 2.57. The summed E-state index contributed by atoms with van der Waals surface area (Å²) in [6, 6.07) is 0. The highest BCUT2D eigenvalue weighted by Crippen LogP contribution is 2.31. The summed E-state index contributed by atoms with van der Waals surface area (Å²) in [4.78, 5) is 14.2. The Labute approximate surface area is 123 Å². The van der Waals surface area contributed by atoms with Gasteiger partial charge in [0.15, 0.2) is 0 Å². The van der Waals surface area contributed by atoms with Gasteiger partial charge in [0.2, 0.25) is 5.91 Å². The Hall–Kier alpha value is -1.46. The van der Waals surface area contributed by atoms with Gasteiger partial charge in [0.25, 0.3) is 6.43 Å². The van der Waals surface area contributed by atoms with Gasteiger partial charge in [-0.15, -0.1) is 0 Å². The molecule has 2 heterocycles. The van der Waals surface area contributed by atoms with Crippen LogP contribution in [0.5, 0.6) is 0 Å². The predicted molar refractivity (Wildman–Crippen MR) is 74.2 cm³/mol. The molecule has 3 rings (SSSR count). The van der Waals surface area contributed by atoms with Crippen LogP contribution >= 0.6 is 0 Å². The van der Waals surface area contributed by atoms with E-state index in [0.717, 1.165) is 44.5 Å². The largest absolute Gasteiger partial charge is 0.341 e. The third-order valence-electron chi connectivity index (χ3n) is 4.54. The summed E-state index contributed by atoms with van der Waals surface area (Å²) in [6.07, 6.45) is 1.90. The first kappa shape index (κ1) is 14.5. The van der Waals surface area contributed by atoms with E-state index >= 15 is 0 Å². The first-order chi connectivity index (χ1) is 10.1. The van der Waals surface area contributed by atoms with E-state index in [9.17, 15) is 13.6 Å². The van der Waals surface area contributed by atoms with Crippen molar-refractivity contribution in [1.82, 2.24) is 14.7 Å². The van der Waals surface area contributed by atoms with Gasteiger partial charge in [0, 0.05) is 24.3 Å². The van der Waals surface area contributed by atoms with E-state index < -0.39 is 6.43 Å². The van der Waals surface area contributed by atoms with Gasteiger partial charge in [-0.1, -0.05) is 6.92 Å². The number of alkyl halides is 2. The molecule has 0 unspecified atom stereocenters. The van der Waals surface area contributed by atoms with Crippen LogP contribution in [0.2, 0.25) is 0 Å². The topological polar surface area (TPSA) is 38.1 Å². The lowest BCUT2D eigenvalue weighted by Crippen LogP contribution is -2.41. The van der Waals surface area contributed by atoms with Crippen molar-refractivity contribution in [3.8, 4) is 0 Å². The Morgan fingerprint density at radius 3 is 2.90 bits per heavy atom. The number of rotatable bonds is 3. The Morgan fingerprint density at radius 1 is 1.38 bits per heavy atom. The number of fused-ring (bicyclic) bond motifs is 1. The number of nitrogens with zero attached hydrogens (tertiary/aromatic N) is 3. The second-order valence-electron chi connectivity index (χ2n) is 6.21. The summed E-state index contributed by atoms with van der Waals surface area (Å²) < 4.78 is 27.5. The van der Waals surface area contributed by atoms with Crippen LogP contribution in [0, 0.1) is 5.92 Å². The number of amides is 1. The van der Waals surface area contributed by atoms with Crippen molar-refractivity contribution in [1.29, 1.82) is 0 Å². The Morgan fingerprint density at radius 2 is 2.19 bits per heavy atom. The van der Waals surface area contributed by atoms with E-state index in [1.807, 2.05) is 4.90 Å². The van der Waals surface area contributed by atoms with E-state index in [2.05, 4.69) is 12.0 Å². The molecule has 6 heteroatoms. The van der Waals surface area contributed by atoms with E-state index in [1.165, 1.54) is 4.68 Å². The van der Waals surface area contributed by atoms with Gasteiger partial charge in [-0.2, -0.15) is 5.10 Å². The molecule has 0 radical (unpaired) electrons. The molecule has 1 aromatic heterocycles. The average molecular weight is 297 g/mol. The Balaban J connectivity index is 1.76. The molecule has 0 bridgehead atoms. The van der Waals surface area contributed by atoms with Crippen LogP contribution in [0.4, 0.5) is 8.78 Å². The molecule has 1 aliphatic heterocycles. The Bertz CT molecular complexity index is 541. The average Bonchev–Trinajstić information content (AvgIpc) is 3.02. The summed E-state index contributed by atoms with van der Waals surface area (Å²) in [5.41, 5.74) is 1.39. The van der Waals surface area contributed by atoms with Gasteiger partial charge >= 0.3 is 0 Å². The van der Waals surface area contributed by atoms with Gasteiger partial charge in [0.1, 0.15) is 12.2 Å². The molecule has 0 saturated carbocycles. The fraction of sp³-hybridized carbons (Fsp3) is 0.733. The van der Waals surface area contributed by atoms with Crippen LogP contribution in [-0.2, 0) is 24.2 Å². The molecule has 0 N–H and O–H groups in total. The molecule has 0 spiro atoms. The summed E-state index contributed by atoms with van der Waals surface area (Å²) in [7, 11) is 0. The Kier molecular flexibility index (Phi) is 3.95. The number of carbonyl (C=O) groups excluding carboxylic acids is 1. The smallest absolute Gasteiger partial charge is 0.282 e. The maximum atomic E-state index is 13.0. The van der Waals surface area contributed by atoms with Gasteiger partial charge in [0.05, 0.1) is 0 Å². The minimum atomic E-state index is -2.55. The molecule has 2 aliphatic rings. The summed E-state index contributed by atoms with van der Waals surface area (Å²) >= 11 is 0. The summed E-state index contributed by atoms with van der Waals surface area (Å²) in [5, 5.41) is 4.00. The molecule has 1 amide bonds. The second kappa shape index (κ2) is 5.73. The van der Waals surface area contributed by atoms with E-state index in [1.54, 1.807) is 0 Å². The maximum absolute atomic E-state index is 13.0. The minimum Gasteiger partial charge on any atom is -0.341 e. The molecule has 1 aliphatic carbocycles. The lowest BCUT2D eigenvalue weighted by molar-refractivity contribution is -0.133. The fourth-order valence-electron chi connectivity index (χ4n) is 3.49. The molecule has 0 aromatic carbocycles. The molecule has 1 atom stereocenters. The van der Waals surface area contributed by atoms with Gasteiger partial charge in [-0.25, -0.2) is 8.78 Å². The SMILES string of the molecule is C[C@@H]1CCCN(C(=O)Cn2nc(C(F)F)c3c2CCC3)C1. The highest BCUT2D eigenvalue weighted by Gasteiger charge is 2.29. The van der Waals surface area contributed by atoms with Gasteiger partial charge < -0.3 is 4.90 Å². The first-order valence-electron chi connectivity index (χ1n) is 7.70. The molecule has 21 heavy (non-hydrogen) atoms. The molecule has 1 fully saturated rings. The highest BCUT2D eigenvalue weighted by molar-refractivity contribution is 5.76. The van der Waals surface area contributed by atoms with Crippen LogP contribution in [-0.4, -0.2) is 33.7 Å². The van der Waals surface area contributed by atoms with Crippen LogP contribution in [0.25, 0.3) is 0 Å². The van der Waals surface area contributed by atoms with Crippen molar-refractivity contribution < 1.29 is 13.6 Å². The van der Waals surface area contributed by atoms with Crippen molar-refractivity contribution in [3.63, 3.8) is 0 Å². The lowest BCUT2D eigenvalue weighted by atomic mass is 10.0. The van der Waals surface area contributed by atoms with Crippen molar-refractivity contribution in [2.24, 2.45) is 5.92 Å². The quantitative estimate of drug-likeness (QED) is 0.860. The summed E-state index contributed by atoms with van der Waals surface area (Å²) in [6.45, 7) is 3.78. The normalized spacial score (nSPS) is 21.9. The van der Waals surface area contributed by atoms with Gasteiger partial charge in [-0.3, -0.25) is 9.48 Å². The number of hydrogen-bond donors (Lipinski definition) is 0. The number of likely N-dealkylation sites (tertiary alicyclic amines) is 1. The third kappa shape index (κ3) is 2.80. The van der Waals surface area contributed by atoms with E-state index in [0.29, 0.717) is 17.9 Å². The number of hydrogen-bond acceptors (Lipinski definition) is 2. The number of piperidine rings is 1. The first-order valence-corrected chi connectivity index (χ1v) is 7.70. The highest BCUT2D eigenvalue weighted by atomic mass is 19.3. The number of aromatic nitrogens is 2. The molecule has 116 valence electrons. The number of carbonyl (C=O) groups is 1. The zero-order valence-electron chi connectivity index (χ0n) is 12.3. The van der Waals surface area contributed by atoms with E-state index in [4.69, 9.17) is 0 Å². The van der Waals surface area contributed by atoms with Crippen molar-refractivity contribution in [3.05, 3.63) is 17.0 Å². The van der Waals surface area contributed by atoms with Crippen LogP contribution < -0.4 is 0 Å². The minimum absolute atomic E-state index is 0.000402. The van der Waals surface area contributed by atoms with Crippen LogP contribution in [0.1, 0.15) is 49.6 Å². The molecular weight excluding hydrogens is 276 g/mol. The monoisotopic (exact) mass is 297 g/mol. The molecular formula is C15H21F2N3O. The van der Waals surface area contributed by atoms with Crippen molar-refractivity contribution >= 4 is 5.91 Å². The standard InChI is InChI=1S/C15H21F2N3O/c1-10-4-3-7-19(8-10)13(21)9-20-12-6-2-5-11(12)14(18-20)15(16)17/h10,15H,2-9H2,1H3/t10-/m1/s1. The van der Waals surface area contributed by atoms with E-state index in [-0.39, 0.29) is 18.1 Å². The maximum Gasteiger partial charge on any atom is 0.282 e. The third-order valence-corrected chi connectivity index (χ3v) is 4.54. The molecule has 1 saturated heterocycles. The van der Waals surface area contributed by atoms with Crippen molar-refractivity contribution in [2.75, 3.05) is 13.1 Å². The second-order valence-corrected chi connectivity index (χ2v) is 6.21. The number of halogens is 2. The fourth-order valence-corrected chi connectivity index (χ4v) is 3.49. The zero-order valence-corrected chi connectivity index (χ0v) is 12.3. The molecule has 1 aromatic rings. The zero-order chi connectivity index (χ0) is 15.0. The van der Waals surface area contributed by atoms with Crippen LogP contribution in [0.15, 0.2) is 0 Å². The van der Waals surface area contributed by atoms with Crippen LogP contribution in [0.3, 0.4) is 0 Å². The lowest BCUT2D eigenvalue weighted by Gasteiger charge is -2.31. The van der Waals surface area contributed by atoms with Gasteiger partial charge in [-0.05, 0) is 38.0 Å². The molecule has 4 nitrogen and oxygen atoms in total.